The van der Waals surface area contributed by atoms with E-state index in [4.69, 9.17) is 9.47 Å². The Bertz CT molecular complexity index is 854. The molecule has 2 N–H and O–H groups in total. The molecule has 0 radical (unpaired) electrons. The van der Waals surface area contributed by atoms with E-state index in [0.717, 1.165) is 17.1 Å². The van der Waals surface area contributed by atoms with Gasteiger partial charge in [-0.15, -0.1) is 11.3 Å². The zero-order chi connectivity index (χ0) is 20.1. The Hall–Kier alpha value is -2.65. The van der Waals surface area contributed by atoms with Crippen molar-refractivity contribution in [1.29, 1.82) is 0 Å². The van der Waals surface area contributed by atoms with E-state index in [-0.39, 0.29) is 5.91 Å². The molecule has 0 bridgehead atoms. The number of amides is 3. The number of carbonyl (C=O) groups is 2. The number of hydrogen-bond donors (Lipinski definition) is 2. The predicted molar refractivity (Wildman–Crippen MR) is 107 cm³/mol. The normalized spacial score (nSPS) is 13.9. The first-order valence-electron chi connectivity index (χ1n) is 9.11. The highest BCUT2D eigenvalue weighted by Gasteiger charge is 2.21. The highest BCUT2D eigenvalue weighted by molar-refractivity contribution is 7.09. The number of nitrogens with zero attached hydrogens (tertiary/aromatic N) is 2. The van der Waals surface area contributed by atoms with E-state index in [1.165, 1.54) is 0 Å². The Kier molecular flexibility index (Phi) is 6.48. The summed E-state index contributed by atoms with van der Waals surface area (Å²) in [6.07, 6.45) is 0.893. The average molecular weight is 404 g/mol. The van der Waals surface area contributed by atoms with Gasteiger partial charge in [-0.05, 0) is 32.5 Å². The van der Waals surface area contributed by atoms with Crippen LogP contribution in [0.5, 0.6) is 11.5 Å². The maximum Gasteiger partial charge on any atom is 0.325 e. The lowest BCUT2D eigenvalue weighted by Crippen LogP contribution is -2.46. The van der Waals surface area contributed by atoms with Gasteiger partial charge in [0, 0.05) is 23.7 Å². The fourth-order valence-electron chi connectivity index (χ4n) is 2.68. The Morgan fingerprint density at radius 3 is 2.75 bits per heavy atom. The molecule has 9 heteroatoms. The summed E-state index contributed by atoms with van der Waals surface area (Å²) in [6, 6.07) is 4.00. The first-order valence-corrected chi connectivity index (χ1v) is 9.99. The second kappa shape index (κ2) is 9.03. The summed E-state index contributed by atoms with van der Waals surface area (Å²) in [5.41, 5.74) is 1.44. The SMILES string of the molecule is CCc1nc(CN(C)C(C)C(=O)NC(=O)Nc2ccc3c(c2)OCCO3)cs1. The van der Waals surface area contributed by atoms with Gasteiger partial charge in [0.25, 0.3) is 0 Å². The number of imide groups is 1. The number of ether oxygens (including phenoxy) is 2. The van der Waals surface area contributed by atoms with Gasteiger partial charge in [-0.1, -0.05) is 6.92 Å². The lowest BCUT2D eigenvalue weighted by Gasteiger charge is -2.23. The number of urea groups is 1. The van der Waals surface area contributed by atoms with Crippen molar-refractivity contribution in [2.24, 2.45) is 0 Å². The average Bonchev–Trinajstić information content (AvgIpc) is 3.14. The van der Waals surface area contributed by atoms with Crippen molar-refractivity contribution < 1.29 is 19.1 Å². The van der Waals surface area contributed by atoms with Crippen molar-refractivity contribution in [2.75, 3.05) is 25.6 Å². The fraction of sp³-hybridized carbons (Fsp3) is 0.421. The number of benzene rings is 1. The minimum Gasteiger partial charge on any atom is -0.486 e. The monoisotopic (exact) mass is 404 g/mol. The summed E-state index contributed by atoms with van der Waals surface area (Å²) in [6.45, 7) is 5.31. The number of anilines is 1. The van der Waals surface area contributed by atoms with E-state index in [0.29, 0.717) is 36.9 Å². The Balaban J connectivity index is 1.52. The summed E-state index contributed by atoms with van der Waals surface area (Å²) in [5, 5.41) is 8.08. The van der Waals surface area contributed by atoms with Gasteiger partial charge < -0.3 is 14.8 Å². The van der Waals surface area contributed by atoms with Crippen LogP contribution in [0.1, 0.15) is 24.5 Å². The summed E-state index contributed by atoms with van der Waals surface area (Å²) in [4.78, 5) is 30.9. The second-order valence-corrected chi connectivity index (χ2v) is 7.42. The number of aryl methyl sites for hydroxylation is 1. The van der Waals surface area contributed by atoms with Crippen molar-refractivity contribution in [3.8, 4) is 11.5 Å². The number of nitrogens with one attached hydrogen (secondary N) is 2. The van der Waals surface area contributed by atoms with Crippen LogP contribution in [0, 0.1) is 0 Å². The van der Waals surface area contributed by atoms with Crippen LogP contribution < -0.4 is 20.1 Å². The molecule has 1 aliphatic rings. The smallest absolute Gasteiger partial charge is 0.325 e. The topological polar surface area (TPSA) is 92.8 Å². The molecule has 0 saturated heterocycles. The number of hydrogen-bond acceptors (Lipinski definition) is 7. The molecule has 1 aromatic carbocycles. The molecule has 3 rings (SSSR count). The molecule has 150 valence electrons. The van der Waals surface area contributed by atoms with Gasteiger partial charge in [-0.25, -0.2) is 9.78 Å². The number of carbonyl (C=O) groups excluding carboxylic acids is 2. The molecular formula is C19H24N4O4S. The molecule has 2 aromatic rings. The fourth-order valence-corrected chi connectivity index (χ4v) is 3.41. The van der Waals surface area contributed by atoms with Gasteiger partial charge >= 0.3 is 6.03 Å². The summed E-state index contributed by atoms with van der Waals surface area (Å²) >= 11 is 1.61. The number of aromatic nitrogens is 1. The summed E-state index contributed by atoms with van der Waals surface area (Å²) < 4.78 is 10.9. The van der Waals surface area contributed by atoms with Crippen LogP contribution in [0.15, 0.2) is 23.6 Å². The molecule has 0 aliphatic carbocycles. The molecule has 8 nitrogen and oxygen atoms in total. The van der Waals surface area contributed by atoms with Crippen LogP contribution in [0.25, 0.3) is 0 Å². The lowest BCUT2D eigenvalue weighted by molar-refractivity contribution is -0.124. The van der Waals surface area contributed by atoms with Gasteiger partial charge in [-0.2, -0.15) is 0 Å². The molecule has 0 fully saturated rings. The third kappa shape index (κ3) is 4.99. The van der Waals surface area contributed by atoms with E-state index in [2.05, 4.69) is 22.5 Å². The van der Waals surface area contributed by atoms with Gasteiger partial charge in [0.05, 0.1) is 16.7 Å². The zero-order valence-corrected chi connectivity index (χ0v) is 17.0. The quantitative estimate of drug-likeness (QED) is 0.769. The minimum absolute atomic E-state index is 0.386. The molecule has 2 heterocycles. The molecular weight excluding hydrogens is 380 g/mol. The van der Waals surface area contributed by atoms with E-state index >= 15 is 0 Å². The number of rotatable bonds is 6. The second-order valence-electron chi connectivity index (χ2n) is 6.48. The minimum atomic E-state index is -0.594. The van der Waals surface area contributed by atoms with Crippen LogP contribution in [-0.4, -0.2) is 48.1 Å². The predicted octanol–water partition coefficient (Wildman–Crippen LogP) is 2.65. The highest BCUT2D eigenvalue weighted by atomic mass is 32.1. The van der Waals surface area contributed by atoms with Crippen molar-refractivity contribution in [1.82, 2.24) is 15.2 Å². The van der Waals surface area contributed by atoms with Gasteiger partial charge in [0.1, 0.15) is 13.2 Å². The number of thiazole rings is 1. The van der Waals surface area contributed by atoms with Crippen molar-refractivity contribution in [3.63, 3.8) is 0 Å². The first-order chi connectivity index (χ1) is 13.5. The maximum atomic E-state index is 12.4. The number of likely N-dealkylation sites (N-methyl/N-ethyl adjacent to an activating group) is 1. The largest absolute Gasteiger partial charge is 0.486 e. The standard InChI is InChI=1S/C19H24N4O4S/c1-4-17-20-14(11-28-17)10-23(3)12(2)18(24)22-19(25)21-13-5-6-15-16(9-13)27-8-7-26-15/h5-6,9,11-12H,4,7-8,10H2,1-3H3,(H2,21,22,24,25). The van der Waals surface area contributed by atoms with Crippen molar-refractivity contribution >= 4 is 29.0 Å². The van der Waals surface area contributed by atoms with E-state index in [9.17, 15) is 9.59 Å². The molecule has 3 amide bonds. The first kappa shape index (κ1) is 20.1. The Morgan fingerprint density at radius 2 is 2.04 bits per heavy atom. The highest BCUT2D eigenvalue weighted by Crippen LogP contribution is 2.32. The van der Waals surface area contributed by atoms with Gasteiger partial charge in [0.2, 0.25) is 5.91 Å². The molecule has 1 atom stereocenters. The molecule has 1 aliphatic heterocycles. The van der Waals surface area contributed by atoms with E-state index in [1.807, 2.05) is 17.3 Å². The van der Waals surface area contributed by atoms with Crippen LogP contribution in [0.4, 0.5) is 10.5 Å². The zero-order valence-electron chi connectivity index (χ0n) is 16.2. The maximum absolute atomic E-state index is 12.4. The Morgan fingerprint density at radius 1 is 1.29 bits per heavy atom. The van der Waals surface area contributed by atoms with Crippen LogP contribution in [-0.2, 0) is 17.8 Å². The number of fused-ring (bicyclic) bond motifs is 1. The molecule has 1 aromatic heterocycles. The van der Waals surface area contributed by atoms with Crippen LogP contribution >= 0.6 is 11.3 Å². The van der Waals surface area contributed by atoms with Crippen molar-refractivity contribution in [2.45, 2.75) is 32.9 Å². The lowest BCUT2D eigenvalue weighted by atomic mass is 10.2. The summed E-state index contributed by atoms with van der Waals surface area (Å²) in [5.74, 6) is 0.818. The van der Waals surface area contributed by atoms with Crippen LogP contribution in [0.2, 0.25) is 0 Å². The third-order valence-electron chi connectivity index (χ3n) is 4.39. The van der Waals surface area contributed by atoms with E-state index in [1.54, 1.807) is 36.5 Å². The van der Waals surface area contributed by atoms with Crippen LogP contribution in [0.3, 0.4) is 0 Å². The third-order valence-corrected chi connectivity index (χ3v) is 5.43. The van der Waals surface area contributed by atoms with E-state index < -0.39 is 12.1 Å². The summed E-state index contributed by atoms with van der Waals surface area (Å²) in [7, 11) is 1.83. The van der Waals surface area contributed by atoms with Crippen molar-refractivity contribution in [3.05, 3.63) is 34.3 Å². The molecule has 28 heavy (non-hydrogen) atoms. The molecule has 0 saturated carbocycles. The molecule has 0 spiro atoms. The Labute approximate surface area is 167 Å². The van der Waals surface area contributed by atoms with Gasteiger partial charge in [0.15, 0.2) is 11.5 Å². The molecule has 1 unspecified atom stereocenters. The van der Waals surface area contributed by atoms with Gasteiger partial charge in [-0.3, -0.25) is 15.0 Å².